The summed E-state index contributed by atoms with van der Waals surface area (Å²) in [5.41, 5.74) is 9.74. The van der Waals surface area contributed by atoms with E-state index in [1.165, 1.54) is 0 Å². The quantitative estimate of drug-likeness (QED) is 0.758. The predicted molar refractivity (Wildman–Crippen MR) is 62.1 cm³/mol. The number of hydrogen-bond acceptors (Lipinski definition) is 2. The van der Waals surface area contributed by atoms with E-state index in [9.17, 15) is 0 Å². The van der Waals surface area contributed by atoms with E-state index in [1.807, 2.05) is 28.9 Å². The van der Waals surface area contributed by atoms with E-state index in [-0.39, 0.29) is 0 Å². The van der Waals surface area contributed by atoms with E-state index in [0.717, 1.165) is 29.2 Å². The molecule has 1 aromatic carbocycles. The van der Waals surface area contributed by atoms with E-state index < -0.39 is 0 Å². The summed E-state index contributed by atoms with van der Waals surface area (Å²) in [5.74, 6) is 0. The number of nitrogens with two attached hydrogens (primary N) is 1. The lowest BCUT2D eigenvalue weighted by Crippen LogP contribution is -1.99. The van der Waals surface area contributed by atoms with Gasteiger partial charge in [0.1, 0.15) is 0 Å². The Kier molecular flexibility index (Phi) is 2.46. The lowest BCUT2D eigenvalue weighted by atomic mass is 10.3. The number of anilines is 1. The standard InChI is InChI=1S/C12H15N3/c1-3-11-8-9(2)15(14-11)12-6-4-10(13)5-7-12/h4-8H,3,13H2,1-2H3. The molecule has 0 unspecified atom stereocenters. The minimum absolute atomic E-state index is 0.777. The molecule has 0 atom stereocenters. The molecule has 0 saturated carbocycles. The Hall–Kier alpha value is -1.77. The van der Waals surface area contributed by atoms with Crippen LogP contribution in [-0.2, 0) is 6.42 Å². The molecule has 0 fully saturated rings. The van der Waals surface area contributed by atoms with Crippen molar-refractivity contribution in [1.82, 2.24) is 9.78 Å². The Bertz CT molecular complexity index is 454. The van der Waals surface area contributed by atoms with Gasteiger partial charge in [-0.2, -0.15) is 5.10 Å². The van der Waals surface area contributed by atoms with Crippen molar-refractivity contribution in [3.8, 4) is 5.69 Å². The molecule has 1 heterocycles. The number of nitrogens with zero attached hydrogens (tertiary/aromatic N) is 2. The second kappa shape index (κ2) is 3.77. The van der Waals surface area contributed by atoms with Gasteiger partial charge >= 0.3 is 0 Å². The highest BCUT2D eigenvalue weighted by atomic mass is 15.3. The van der Waals surface area contributed by atoms with Crippen LogP contribution < -0.4 is 5.73 Å². The van der Waals surface area contributed by atoms with Crippen molar-refractivity contribution >= 4 is 5.69 Å². The molecule has 78 valence electrons. The minimum atomic E-state index is 0.777. The van der Waals surface area contributed by atoms with Crippen LogP contribution in [0, 0.1) is 6.92 Å². The molecule has 0 bridgehead atoms. The number of aromatic nitrogens is 2. The highest BCUT2D eigenvalue weighted by Crippen LogP contribution is 2.14. The molecule has 3 heteroatoms. The van der Waals surface area contributed by atoms with Gasteiger partial charge in [0.2, 0.25) is 0 Å². The molecule has 0 amide bonds. The average molecular weight is 201 g/mol. The van der Waals surface area contributed by atoms with Gasteiger partial charge < -0.3 is 5.73 Å². The lowest BCUT2D eigenvalue weighted by Gasteiger charge is -2.03. The minimum Gasteiger partial charge on any atom is -0.399 e. The van der Waals surface area contributed by atoms with Crippen LogP contribution in [0.15, 0.2) is 30.3 Å². The first-order chi connectivity index (χ1) is 7.20. The smallest absolute Gasteiger partial charge is 0.0650 e. The van der Waals surface area contributed by atoms with Crippen LogP contribution in [0.2, 0.25) is 0 Å². The third-order valence-corrected chi connectivity index (χ3v) is 2.44. The molecule has 0 aliphatic carbocycles. The molecule has 15 heavy (non-hydrogen) atoms. The van der Waals surface area contributed by atoms with Crippen molar-refractivity contribution in [3.05, 3.63) is 41.7 Å². The van der Waals surface area contributed by atoms with Gasteiger partial charge in [0, 0.05) is 11.4 Å². The lowest BCUT2D eigenvalue weighted by molar-refractivity contribution is 0.818. The van der Waals surface area contributed by atoms with Gasteiger partial charge in [-0.15, -0.1) is 0 Å². The van der Waals surface area contributed by atoms with Gasteiger partial charge in [-0.25, -0.2) is 4.68 Å². The van der Waals surface area contributed by atoms with Crippen LogP contribution in [-0.4, -0.2) is 9.78 Å². The first kappa shape index (κ1) is 9.77. The van der Waals surface area contributed by atoms with E-state index in [2.05, 4.69) is 25.0 Å². The van der Waals surface area contributed by atoms with Gasteiger partial charge in [-0.1, -0.05) is 6.92 Å². The van der Waals surface area contributed by atoms with Crippen LogP contribution in [0.4, 0.5) is 5.69 Å². The highest BCUT2D eigenvalue weighted by Gasteiger charge is 2.04. The fourth-order valence-electron chi connectivity index (χ4n) is 1.59. The zero-order valence-corrected chi connectivity index (χ0v) is 9.07. The monoisotopic (exact) mass is 201 g/mol. The van der Waals surface area contributed by atoms with Crippen LogP contribution in [0.25, 0.3) is 5.69 Å². The fraction of sp³-hybridized carbons (Fsp3) is 0.250. The van der Waals surface area contributed by atoms with Crippen molar-refractivity contribution in [2.24, 2.45) is 0 Å². The molecular weight excluding hydrogens is 186 g/mol. The second-order valence-corrected chi connectivity index (χ2v) is 3.63. The maximum absolute atomic E-state index is 5.64. The summed E-state index contributed by atoms with van der Waals surface area (Å²) in [6.07, 6.45) is 0.961. The van der Waals surface area contributed by atoms with Crippen LogP contribution >= 0.6 is 0 Å². The summed E-state index contributed by atoms with van der Waals surface area (Å²) >= 11 is 0. The molecule has 2 aromatic rings. The van der Waals surface area contributed by atoms with Crippen molar-refractivity contribution in [3.63, 3.8) is 0 Å². The molecule has 0 aliphatic heterocycles. The maximum atomic E-state index is 5.64. The predicted octanol–water partition coefficient (Wildman–Crippen LogP) is 2.33. The van der Waals surface area contributed by atoms with Crippen molar-refractivity contribution in [2.45, 2.75) is 20.3 Å². The van der Waals surface area contributed by atoms with Crippen LogP contribution in [0.3, 0.4) is 0 Å². The van der Waals surface area contributed by atoms with E-state index in [1.54, 1.807) is 0 Å². The molecular formula is C12H15N3. The topological polar surface area (TPSA) is 43.8 Å². The molecule has 0 radical (unpaired) electrons. The van der Waals surface area contributed by atoms with E-state index in [0.29, 0.717) is 0 Å². The maximum Gasteiger partial charge on any atom is 0.0650 e. The normalized spacial score (nSPS) is 10.5. The fourth-order valence-corrected chi connectivity index (χ4v) is 1.59. The Morgan fingerprint density at radius 1 is 1.27 bits per heavy atom. The molecule has 0 spiro atoms. The number of nitrogen functional groups attached to an aromatic ring is 1. The van der Waals surface area contributed by atoms with E-state index in [4.69, 9.17) is 5.73 Å². The molecule has 2 rings (SSSR count). The summed E-state index contributed by atoms with van der Waals surface area (Å²) in [6, 6.07) is 9.85. The number of rotatable bonds is 2. The zero-order chi connectivity index (χ0) is 10.8. The third-order valence-electron chi connectivity index (χ3n) is 2.44. The van der Waals surface area contributed by atoms with Gasteiger partial charge in [0.25, 0.3) is 0 Å². The number of aryl methyl sites for hydroxylation is 2. The highest BCUT2D eigenvalue weighted by molar-refractivity contribution is 5.45. The average Bonchev–Trinajstić information content (AvgIpc) is 2.61. The SMILES string of the molecule is CCc1cc(C)n(-c2ccc(N)cc2)n1. The zero-order valence-electron chi connectivity index (χ0n) is 9.07. The molecule has 0 aliphatic rings. The number of hydrogen-bond donors (Lipinski definition) is 1. The Balaban J connectivity index is 2.44. The van der Waals surface area contributed by atoms with Crippen molar-refractivity contribution < 1.29 is 0 Å². The van der Waals surface area contributed by atoms with Gasteiger partial charge in [0.05, 0.1) is 11.4 Å². The van der Waals surface area contributed by atoms with Gasteiger partial charge in [-0.05, 0) is 43.7 Å². The molecule has 1 aromatic heterocycles. The van der Waals surface area contributed by atoms with E-state index >= 15 is 0 Å². The second-order valence-electron chi connectivity index (χ2n) is 3.63. The first-order valence-corrected chi connectivity index (χ1v) is 5.12. The molecule has 0 saturated heterocycles. The van der Waals surface area contributed by atoms with Gasteiger partial charge in [-0.3, -0.25) is 0 Å². The Morgan fingerprint density at radius 3 is 2.47 bits per heavy atom. The summed E-state index contributed by atoms with van der Waals surface area (Å²) in [7, 11) is 0. The largest absolute Gasteiger partial charge is 0.399 e. The summed E-state index contributed by atoms with van der Waals surface area (Å²) in [6.45, 7) is 4.16. The molecule has 2 N–H and O–H groups in total. The Labute approximate surface area is 89.5 Å². The number of benzene rings is 1. The van der Waals surface area contributed by atoms with Crippen LogP contribution in [0.1, 0.15) is 18.3 Å². The van der Waals surface area contributed by atoms with Crippen molar-refractivity contribution in [2.75, 3.05) is 5.73 Å². The summed E-state index contributed by atoms with van der Waals surface area (Å²) in [4.78, 5) is 0. The van der Waals surface area contributed by atoms with Crippen molar-refractivity contribution in [1.29, 1.82) is 0 Å². The Morgan fingerprint density at radius 2 is 1.93 bits per heavy atom. The third kappa shape index (κ3) is 1.86. The summed E-state index contributed by atoms with van der Waals surface area (Å²) in [5, 5.41) is 4.50. The van der Waals surface area contributed by atoms with Crippen LogP contribution in [0.5, 0.6) is 0 Å². The first-order valence-electron chi connectivity index (χ1n) is 5.12. The summed E-state index contributed by atoms with van der Waals surface area (Å²) < 4.78 is 1.94. The van der Waals surface area contributed by atoms with Gasteiger partial charge in [0.15, 0.2) is 0 Å². The molecule has 3 nitrogen and oxygen atoms in total.